The van der Waals surface area contributed by atoms with Crippen LogP contribution in [-0.2, 0) is 0 Å². The summed E-state index contributed by atoms with van der Waals surface area (Å²) in [5.74, 6) is 0.298. The monoisotopic (exact) mass is 264 g/mol. The molecule has 0 amide bonds. The maximum absolute atomic E-state index is 11.0. The van der Waals surface area contributed by atoms with Gasteiger partial charge in [-0.3, -0.25) is 9.48 Å². The zero-order valence-electron chi connectivity index (χ0n) is 11.4. The summed E-state index contributed by atoms with van der Waals surface area (Å²) in [4.78, 5) is 21.8. The quantitative estimate of drug-likeness (QED) is 0.849. The molecule has 0 atom stereocenters. The number of hydrogen-bond donors (Lipinski definition) is 1. The molecule has 1 aromatic rings. The van der Waals surface area contributed by atoms with Gasteiger partial charge in [-0.15, -0.1) is 0 Å². The fraction of sp³-hybridized carbons (Fsp3) is 0.643. The van der Waals surface area contributed by atoms with Gasteiger partial charge in [-0.2, -0.15) is 5.10 Å². The Hall–Kier alpha value is -1.65. The van der Waals surface area contributed by atoms with E-state index in [0.29, 0.717) is 12.2 Å². The molecule has 19 heavy (non-hydrogen) atoms. The summed E-state index contributed by atoms with van der Waals surface area (Å²) in [5.41, 5.74) is 0.0273. The summed E-state index contributed by atoms with van der Waals surface area (Å²) < 4.78 is 1.67. The molecule has 5 nitrogen and oxygen atoms in total. The average molecular weight is 264 g/mol. The highest BCUT2D eigenvalue weighted by Crippen LogP contribution is 2.35. The third-order valence-corrected chi connectivity index (χ3v) is 4.15. The van der Waals surface area contributed by atoms with Gasteiger partial charge in [0, 0.05) is 6.20 Å². The van der Waals surface area contributed by atoms with Gasteiger partial charge in [0.2, 0.25) is 0 Å². The van der Waals surface area contributed by atoms with E-state index in [-0.39, 0.29) is 17.3 Å². The average Bonchev–Trinajstić information content (AvgIpc) is 2.83. The van der Waals surface area contributed by atoms with Crippen LogP contribution in [0.1, 0.15) is 66.4 Å². The predicted octanol–water partition coefficient (Wildman–Crippen LogP) is 2.78. The second kappa shape index (κ2) is 5.55. The van der Waals surface area contributed by atoms with Crippen molar-refractivity contribution in [1.82, 2.24) is 9.78 Å². The molecular weight excluding hydrogens is 244 g/mol. The first-order valence-electron chi connectivity index (χ1n) is 6.80. The topological polar surface area (TPSA) is 72.2 Å². The van der Waals surface area contributed by atoms with Crippen LogP contribution in [0.25, 0.3) is 0 Å². The highest BCUT2D eigenvalue weighted by atomic mass is 16.4. The smallest absolute Gasteiger partial charge is 0.357 e. The van der Waals surface area contributed by atoms with Gasteiger partial charge in [-0.05, 0) is 37.5 Å². The maximum Gasteiger partial charge on any atom is 0.357 e. The van der Waals surface area contributed by atoms with Crippen LogP contribution >= 0.6 is 0 Å². The zero-order valence-corrected chi connectivity index (χ0v) is 11.4. The van der Waals surface area contributed by atoms with Crippen LogP contribution < -0.4 is 0 Å². The SMILES string of the molecule is CC(C)C1CCC(n2cc(C=O)c(C(=O)O)n2)CC1. The summed E-state index contributed by atoms with van der Waals surface area (Å²) in [6, 6.07) is 0.224. The maximum atomic E-state index is 11.0. The lowest BCUT2D eigenvalue weighted by atomic mass is 9.80. The second-order valence-electron chi connectivity index (χ2n) is 5.65. The van der Waals surface area contributed by atoms with Crippen molar-refractivity contribution in [3.8, 4) is 0 Å². The number of rotatable bonds is 4. The van der Waals surface area contributed by atoms with Crippen molar-refractivity contribution in [2.75, 3.05) is 0 Å². The third-order valence-electron chi connectivity index (χ3n) is 4.15. The zero-order chi connectivity index (χ0) is 14.0. The molecule has 0 spiro atoms. The number of hydrogen-bond acceptors (Lipinski definition) is 3. The van der Waals surface area contributed by atoms with Crippen LogP contribution in [0.15, 0.2) is 6.20 Å². The molecule has 1 aliphatic carbocycles. The summed E-state index contributed by atoms with van der Waals surface area (Å²) in [6.45, 7) is 4.48. The Labute approximate surface area is 112 Å². The van der Waals surface area contributed by atoms with Crippen molar-refractivity contribution in [3.05, 3.63) is 17.5 Å². The summed E-state index contributed by atoms with van der Waals surface area (Å²) in [5, 5.41) is 13.0. The summed E-state index contributed by atoms with van der Waals surface area (Å²) in [6.07, 6.45) is 6.41. The Morgan fingerprint density at radius 3 is 2.47 bits per heavy atom. The van der Waals surface area contributed by atoms with E-state index in [1.807, 2.05) is 0 Å². The lowest BCUT2D eigenvalue weighted by Gasteiger charge is -2.30. The Balaban J connectivity index is 2.11. The minimum atomic E-state index is -1.14. The van der Waals surface area contributed by atoms with Crippen LogP contribution in [0.4, 0.5) is 0 Å². The van der Waals surface area contributed by atoms with Crippen molar-refractivity contribution >= 4 is 12.3 Å². The van der Waals surface area contributed by atoms with E-state index in [1.54, 1.807) is 10.9 Å². The molecule has 0 aromatic carbocycles. The van der Waals surface area contributed by atoms with Crippen molar-refractivity contribution < 1.29 is 14.7 Å². The summed E-state index contributed by atoms with van der Waals surface area (Å²) >= 11 is 0. The molecule has 1 aromatic heterocycles. The Kier molecular flexibility index (Phi) is 4.02. The number of carbonyl (C=O) groups excluding carboxylic acids is 1. The van der Waals surface area contributed by atoms with E-state index >= 15 is 0 Å². The number of aromatic carboxylic acids is 1. The van der Waals surface area contributed by atoms with E-state index in [2.05, 4.69) is 18.9 Å². The van der Waals surface area contributed by atoms with E-state index in [9.17, 15) is 9.59 Å². The number of carbonyl (C=O) groups is 2. The number of aldehydes is 1. The van der Waals surface area contributed by atoms with Crippen molar-refractivity contribution in [2.45, 2.75) is 45.6 Å². The first-order chi connectivity index (χ1) is 9.02. The highest BCUT2D eigenvalue weighted by Gasteiger charge is 2.26. The Bertz CT molecular complexity index is 471. The van der Waals surface area contributed by atoms with E-state index in [4.69, 9.17) is 5.11 Å². The fourth-order valence-electron chi connectivity index (χ4n) is 2.88. The van der Waals surface area contributed by atoms with Crippen molar-refractivity contribution in [2.24, 2.45) is 11.8 Å². The minimum absolute atomic E-state index is 0.138. The van der Waals surface area contributed by atoms with Crippen LogP contribution in [0, 0.1) is 11.8 Å². The normalized spacial score (nSPS) is 23.5. The van der Waals surface area contributed by atoms with Crippen molar-refractivity contribution in [3.63, 3.8) is 0 Å². The van der Waals surface area contributed by atoms with E-state index < -0.39 is 5.97 Å². The van der Waals surface area contributed by atoms with Gasteiger partial charge in [0.1, 0.15) is 0 Å². The second-order valence-corrected chi connectivity index (χ2v) is 5.65. The molecular formula is C14H20N2O3. The number of carboxylic acid groups (broad SMARTS) is 1. The molecule has 1 saturated carbocycles. The lowest BCUT2D eigenvalue weighted by Crippen LogP contribution is -2.21. The fourth-order valence-corrected chi connectivity index (χ4v) is 2.88. The molecule has 0 aliphatic heterocycles. The molecule has 5 heteroatoms. The third kappa shape index (κ3) is 2.85. The number of carboxylic acids is 1. The first-order valence-corrected chi connectivity index (χ1v) is 6.80. The van der Waals surface area contributed by atoms with Gasteiger partial charge in [0.15, 0.2) is 12.0 Å². The van der Waals surface area contributed by atoms with Gasteiger partial charge in [-0.1, -0.05) is 13.8 Å². The number of nitrogens with zero attached hydrogens (tertiary/aromatic N) is 2. The van der Waals surface area contributed by atoms with E-state index in [1.165, 1.54) is 0 Å². The molecule has 0 radical (unpaired) electrons. The molecule has 1 fully saturated rings. The highest BCUT2D eigenvalue weighted by molar-refractivity contribution is 5.95. The predicted molar refractivity (Wildman–Crippen MR) is 70.4 cm³/mol. The lowest BCUT2D eigenvalue weighted by molar-refractivity contribution is 0.0686. The van der Waals surface area contributed by atoms with Gasteiger partial charge in [0.05, 0.1) is 11.6 Å². The molecule has 0 unspecified atom stereocenters. The summed E-state index contributed by atoms with van der Waals surface area (Å²) in [7, 11) is 0. The van der Waals surface area contributed by atoms with Crippen LogP contribution in [0.3, 0.4) is 0 Å². The molecule has 1 aliphatic rings. The molecule has 2 rings (SSSR count). The van der Waals surface area contributed by atoms with Crippen LogP contribution in [0.5, 0.6) is 0 Å². The standard InChI is InChI=1S/C14H20N2O3/c1-9(2)10-3-5-12(6-4-10)16-7-11(8-17)13(15-16)14(18)19/h7-10,12H,3-6H2,1-2H3,(H,18,19). The molecule has 104 valence electrons. The van der Waals surface area contributed by atoms with Gasteiger partial charge in [0.25, 0.3) is 0 Å². The Morgan fingerprint density at radius 1 is 1.42 bits per heavy atom. The van der Waals surface area contributed by atoms with E-state index in [0.717, 1.165) is 31.6 Å². The number of aromatic nitrogens is 2. The van der Waals surface area contributed by atoms with Crippen molar-refractivity contribution in [1.29, 1.82) is 0 Å². The molecule has 0 saturated heterocycles. The molecule has 1 heterocycles. The van der Waals surface area contributed by atoms with Gasteiger partial charge in [-0.25, -0.2) is 4.79 Å². The van der Waals surface area contributed by atoms with Crippen LogP contribution in [0.2, 0.25) is 0 Å². The van der Waals surface area contributed by atoms with Crippen LogP contribution in [-0.4, -0.2) is 27.1 Å². The Morgan fingerprint density at radius 2 is 2.05 bits per heavy atom. The first kappa shape index (κ1) is 13.8. The molecule has 0 bridgehead atoms. The van der Waals surface area contributed by atoms with Gasteiger partial charge < -0.3 is 5.11 Å². The van der Waals surface area contributed by atoms with Gasteiger partial charge >= 0.3 is 5.97 Å². The minimum Gasteiger partial charge on any atom is -0.476 e. The molecule has 1 N–H and O–H groups in total. The largest absolute Gasteiger partial charge is 0.476 e.